The van der Waals surface area contributed by atoms with E-state index >= 15 is 0 Å². The van der Waals surface area contributed by atoms with Crippen LogP contribution in [0.2, 0.25) is 0 Å². The van der Waals surface area contributed by atoms with Crippen molar-refractivity contribution in [3.63, 3.8) is 0 Å². The third-order valence-electron chi connectivity index (χ3n) is 3.88. The van der Waals surface area contributed by atoms with E-state index in [1.165, 1.54) is 0 Å². The molecule has 1 atom stereocenters. The molecule has 0 bridgehead atoms. The second-order valence-electron chi connectivity index (χ2n) is 6.35. The van der Waals surface area contributed by atoms with E-state index in [0.29, 0.717) is 20.5 Å². The van der Waals surface area contributed by atoms with Crippen LogP contribution in [0.5, 0.6) is 0 Å². The maximum atomic E-state index is 13.9. The Morgan fingerprint density at radius 1 is 1.11 bits per heavy atom. The highest BCUT2D eigenvalue weighted by atomic mass is 127. The minimum Gasteiger partial charge on any atom is -0.207 e. The highest BCUT2D eigenvalue weighted by molar-refractivity contribution is 14.1. The summed E-state index contributed by atoms with van der Waals surface area (Å²) in [6.45, 7) is 4.95. The molecule has 0 radical (unpaired) electrons. The first-order chi connectivity index (χ1) is 12.8. The van der Waals surface area contributed by atoms with Crippen LogP contribution >= 0.6 is 50.3 Å². The Morgan fingerprint density at radius 3 is 2.14 bits per heavy atom. The van der Waals surface area contributed by atoms with E-state index in [1.54, 1.807) is 57.2 Å². The molecule has 2 aromatic rings. The van der Waals surface area contributed by atoms with Crippen molar-refractivity contribution in [1.29, 1.82) is 0 Å². The van der Waals surface area contributed by atoms with Gasteiger partial charge >= 0.3 is 6.18 Å². The number of halogens is 5. The van der Waals surface area contributed by atoms with E-state index in [-0.39, 0.29) is 4.90 Å². The average Bonchev–Trinajstić information content (AvgIpc) is 2.51. The highest BCUT2D eigenvalue weighted by Gasteiger charge is 2.55. The normalized spacial score (nSPS) is 14.7. The zero-order chi connectivity index (χ0) is 21.3. The predicted octanol–water partition coefficient (Wildman–Crippen LogP) is 6.14. The zero-order valence-electron chi connectivity index (χ0n) is 15.2. The number of thioether (sulfide) groups is 1. The van der Waals surface area contributed by atoms with Gasteiger partial charge in [-0.1, -0.05) is 29.8 Å². The van der Waals surface area contributed by atoms with Gasteiger partial charge in [-0.25, -0.2) is 8.42 Å². The second-order valence-corrected chi connectivity index (χ2v) is 11.7. The topological polar surface area (TPSA) is 46.2 Å². The fourth-order valence-corrected chi connectivity index (χ4v) is 7.47. The Labute approximate surface area is 189 Å². The van der Waals surface area contributed by atoms with Crippen molar-refractivity contribution < 1.29 is 21.6 Å². The summed E-state index contributed by atoms with van der Waals surface area (Å²) < 4.78 is 67.2. The Bertz CT molecular complexity index is 960. The molecule has 0 aliphatic heterocycles. The predicted molar refractivity (Wildman–Crippen MR) is 119 cm³/mol. The first-order valence-corrected chi connectivity index (χ1v) is 12.4. The van der Waals surface area contributed by atoms with Gasteiger partial charge in [0, 0.05) is 15.1 Å². The molecule has 0 aromatic heterocycles. The highest BCUT2D eigenvalue weighted by Crippen LogP contribution is 2.42. The van der Waals surface area contributed by atoms with E-state index in [4.69, 9.17) is 0 Å². The number of nitrogens with one attached hydrogen (secondary N) is 1. The summed E-state index contributed by atoms with van der Waals surface area (Å²) in [5.74, 6) is -0.525. The minimum atomic E-state index is -4.79. The maximum absolute atomic E-state index is 13.9. The quantitative estimate of drug-likeness (QED) is 0.186. The van der Waals surface area contributed by atoms with Crippen LogP contribution in [0.3, 0.4) is 0 Å². The SMILES string of the molecule is Cc1cc(C)c(S(=O)(=O)NC(I)(CSc2ccccc2Br)C(F)(F)F)c(C)c1. The van der Waals surface area contributed by atoms with Gasteiger partial charge in [0.2, 0.25) is 10.0 Å². The van der Waals surface area contributed by atoms with E-state index in [9.17, 15) is 21.6 Å². The van der Waals surface area contributed by atoms with Crippen molar-refractivity contribution in [2.24, 2.45) is 0 Å². The first kappa shape index (κ1) is 24.0. The summed E-state index contributed by atoms with van der Waals surface area (Å²) in [7, 11) is -4.40. The number of aryl methyl sites for hydroxylation is 3. The summed E-state index contributed by atoms with van der Waals surface area (Å²) in [6.07, 6.45) is -4.79. The maximum Gasteiger partial charge on any atom is 0.417 e. The Kier molecular flexibility index (Phi) is 7.56. The lowest BCUT2D eigenvalue weighted by Crippen LogP contribution is -2.55. The van der Waals surface area contributed by atoms with E-state index < -0.39 is 25.5 Å². The van der Waals surface area contributed by atoms with Crippen LogP contribution in [0.25, 0.3) is 0 Å². The van der Waals surface area contributed by atoms with Crippen molar-refractivity contribution in [2.45, 2.75) is 40.3 Å². The monoisotopic (exact) mass is 607 g/mol. The standard InChI is InChI=1S/C18H18BrF3INO2S2/c1-11-8-12(2)16(13(3)9-11)28(25,26)24-17(23,18(20,21)22)10-27-15-7-5-4-6-14(15)19/h4-9,24H,10H2,1-3H3. The van der Waals surface area contributed by atoms with Crippen LogP contribution in [0, 0.1) is 20.8 Å². The molecule has 154 valence electrons. The Morgan fingerprint density at radius 2 is 1.64 bits per heavy atom. The lowest BCUT2D eigenvalue weighted by molar-refractivity contribution is -0.151. The summed E-state index contributed by atoms with van der Waals surface area (Å²) in [6, 6.07) is 10.1. The average molecular weight is 608 g/mol. The molecule has 1 N–H and O–H groups in total. The van der Waals surface area contributed by atoms with Gasteiger partial charge in [-0.3, -0.25) is 0 Å². The largest absolute Gasteiger partial charge is 0.417 e. The summed E-state index contributed by atoms with van der Waals surface area (Å²) in [5, 5.41) is 0. The van der Waals surface area contributed by atoms with Gasteiger partial charge in [-0.2, -0.15) is 17.9 Å². The molecule has 0 heterocycles. The molecule has 2 rings (SSSR count). The molecule has 3 nitrogen and oxygen atoms in total. The fraction of sp³-hybridized carbons (Fsp3) is 0.333. The van der Waals surface area contributed by atoms with Gasteiger partial charge in [0.25, 0.3) is 0 Å². The number of hydrogen-bond donors (Lipinski definition) is 1. The number of benzene rings is 2. The van der Waals surface area contributed by atoms with E-state index in [1.807, 2.05) is 4.72 Å². The number of rotatable bonds is 6. The number of hydrogen-bond acceptors (Lipinski definition) is 3. The van der Waals surface area contributed by atoms with Crippen molar-refractivity contribution in [1.82, 2.24) is 4.72 Å². The lowest BCUT2D eigenvalue weighted by Gasteiger charge is -2.31. The van der Waals surface area contributed by atoms with Crippen LogP contribution in [0.1, 0.15) is 16.7 Å². The van der Waals surface area contributed by atoms with Crippen molar-refractivity contribution in [3.8, 4) is 0 Å². The summed E-state index contributed by atoms with van der Waals surface area (Å²) >= 11 is 5.37. The summed E-state index contributed by atoms with van der Waals surface area (Å²) in [5.41, 5.74) is 1.66. The van der Waals surface area contributed by atoms with Gasteiger partial charge in [0.1, 0.15) is 0 Å². The van der Waals surface area contributed by atoms with Gasteiger partial charge in [-0.15, -0.1) is 11.8 Å². The number of sulfonamides is 1. The van der Waals surface area contributed by atoms with Crippen LogP contribution in [-0.4, -0.2) is 23.9 Å². The Balaban J connectivity index is 2.40. The van der Waals surface area contributed by atoms with Gasteiger partial charge in [0.15, 0.2) is 3.55 Å². The first-order valence-electron chi connectivity index (χ1n) is 8.01. The fourth-order valence-electron chi connectivity index (χ4n) is 2.76. The second kappa shape index (κ2) is 8.83. The smallest absolute Gasteiger partial charge is 0.207 e. The van der Waals surface area contributed by atoms with Crippen LogP contribution < -0.4 is 4.72 Å². The summed E-state index contributed by atoms with van der Waals surface area (Å²) in [4.78, 5) is 0.476. The molecular formula is C18H18BrF3INO2S2. The van der Waals surface area contributed by atoms with Crippen LogP contribution in [0.4, 0.5) is 13.2 Å². The minimum absolute atomic E-state index is 0.116. The molecule has 0 amide bonds. The van der Waals surface area contributed by atoms with Gasteiger partial charge < -0.3 is 0 Å². The molecule has 10 heteroatoms. The molecule has 0 spiro atoms. The lowest BCUT2D eigenvalue weighted by atomic mass is 10.1. The van der Waals surface area contributed by atoms with Gasteiger partial charge in [0.05, 0.1) is 4.90 Å². The van der Waals surface area contributed by atoms with E-state index in [0.717, 1.165) is 39.9 Å². The van der Waals surface area contributed by atoms with E-state index in [2.05, 4.69) is 15.9 Å². The van der Waals surface area contributed by atoms with Gasteiger partial charge in [-0.05, 0) is 82.6 Å². The molecule has 0 saturated carbocycles. The third kappa shape index (κ3) is 5.44. The molecule has 2 aromatic carbocycles. The van der Waals surface area contributed by atoms with Crippen LogP contribution in [-0.2, 0) is 10.0 Å². The molecule has 28 heavy (non-hydrogen) atoms. The van der Waals surface area contributed by atoms with Crippen molar-refractivity contribution >= 4 is 60.3 Å². The van der Waals surface area contributed by atoms with Crippen molar-refractivity contribution in [2.75, 3.05) is 5.75 Å². The van der Waals surface area contributed by atoms with Crippen molar-refractivity contribution in [3.05, 3.63) is 57.6 Å². The molecule has 0 fully saturated rings. The molecule has 1 unspecified atom stereocenters. The van der Waals surface area contributed by atoms with Crippen LogP contribution in [0.15, 0.2) is 50.7 Å². The number of alkyl halides is 4. The Hall–Kier alpha value is -0.300. The molecule has 0 aliphatic rings. The molecular weight excluding hydrogens is 590 g/mol. The zero-order valence-corrected chi connectivity index (χ0v) is 20.6. The molecule has 0 aliphatic carbocycles. The third-order valence-corrected chi connectivity index (χ3v) is 10.0. The molecule has 0 saturated heterocycles.